The number of fused-ring (bicyclic) bond motifs is 2. The predicted molar refractivity (Wildman–Crippen MR) is 151 cm³/mol. The fourth-order valence-electron chi connectivity index (χ4n) is 4.84. The Morgan fingerprint density at radius 3 is 2.05 bits per heavy atom. The van der Waals surface area contributed by atoms with E-state index in [0.29, 0.717) is 16.2 Å². The monoisotopic (exact) mass is 515 g/mol. The first kappa shape index (κ1) is 25.1. The van der Waals surface area contributed by atoms with E-state index in [0.717, 1.165) is 47.3 Å². The third-order valence-corrected chi connectivity index (χ3v) is 7.74. The van der Waals surface area contributed by atoms with Crippen LogP contribution in [0.2, 0.25) is 0 Å². The molecule has 2 heterocycles. The summed E-state index contributed by atoms with van der Waals surface area (Å²) in [5.74, 6) is -0.0371. The lowest BCUT2D eigenvalue weighted by atomic mass is 9.96. The van der Waals surface area contributed by atoms with Crippen molar-refractivity contribution in [2.75, 3.05) is 16.4 Å². The quantitative estimate of drug-likeness (QED) is 0.318. The van der Waals surface area contributed by atoms with E-state index in [9.17, 15) is 15.3 Å². The molecule has 0 fully saturated rings. The molecule has 0 spiro atoms. The average molecular weight is 516 g/mol. The fraction of sp³-hybridized carbons (Fsp3) is 0.161. The molecule has 1 aliphatic rings. The highest BCUT2D eigenvalue weighted by molar-refractivity contribution is 8.00. The first-order valence-electron chi connectivity index (χ1n) is 12.4. The summed E-state index contributed by atoms with van der Waals surface area (Å²) in [5, 5.41) is 20.3. The van der Waals surface area contributed by atoms with Gasteiger partial charge in [0.05, 0.1) is 22.7 Å². The van der Waals surface area contributed by atoms with Crippen LogP contribution in [0.4, 0.5) is 17.2 Å². The SMILES string of the molecule is CCc1ccc(-c2c(C#N)c(N)nc(SCC(=O)N3c4ccccc4CCc4ccccc43)c2C#N)cc1. The number of benzene rings is 3. The second kappa shape index (κ2) is 10.8. The molecule has 1 amide bonds. The second-order valence-corrected chi connectivity index (χ2v) is 9.94. The smallest absolute Gasteiger partial charge is 0.241 e. The van der Waals surface area contributed by atoms with Gasteiger partial charge in [0.25, 0.3) is 0 Å². The van der Waals surface area contributed by atoms with Gasteiger partial charge in [-0.1, -0.05) is 79.3 Å². The minimum atomic E-state index is -0.126. The maximum Gasteiger partial charge on any atom is 0.241 e. The van der Waals surface area contributed by atoms with Crippen LogP contribution in [0.15, 0.2) is 77.8 Å². The molecule has 1 aromatic heterocycles. The summed E-state index contributed by atoms with van der Waals surface area (Å²) >= 11 is 1.17. The molecule has 0 unspecified atom stereocenters. The van der Waals surface area contributed by atoms with E-state index in [1.54, 1.807) is 4.90 Å². The number of aromatic nitrogens is 1. The number of rotatable bonds is 5. The van der Waals surface area contributed by atoms with E-state index in [2.05, 4.69) is 36.2 Å². The lowest BCUT2D eigenvalue weighted by Gasteiger charge is -2.25. The van der Waals surface area contributed by atoms with Gasteiger partial charge >= 0.3 is 0 Å². The largest absolute Gasteiger partial charge is 0.383 e. The van der Waals surface area contributed by atoms with Gasteiger partial charge in [-0.25, -0.2) is 4.98 Å². The van der Waals surface area contributed by atoms with Gasteiger partial charge in [0.1, 0.15) is 28.5 Å². The van der Waals surface area contributed by atoms with Crippen molar-refractivity contribution in [1.82, 2.24) is 4.98 Å². The van der Waals surface area contributed by atoms with E-state index < -0.39 is 0 Å². The molecular weight excluding hydrogens is 490 g/mol. The van der Waals surface area contributed by atoms with Gasteiger partial charge in [-0.05, 0) is 53.6 Å². The molecule has 186 valence electrons. The molecule has 7 heteroatoms. The normalized spacial score (nSPS) is 12.0. The molecule has 0 saturated heterocycles. The maximum atomic E-state index is 13.8. The van der Waals surface area contributed by atoms with Gasteiger partial charge in [0.15, 0.2) is 0 Å². The summed E-state index contributed by atoms with van der Waals surface area (Å²) in [6.45, 7) is 2.06. The van der Waals surface area contributed by atoms with Crippen molar-refractivity contribution in [2.24, 2.45) is 0 Å². The summed E-state index contributed by atoms with van der Waals surface area (Å²) < 4.78 is 0. The second-order valence-electron chi connectivity index (χ2n) is 8.98. The summed E-state index contributed by atoms with van der Waals surface area (Å²) in [5.41, 5.74) is 12.9. The molecule has 2 N–H and O–H groups in total. The average Bonchev–Trinajstić information content (AvgIpc) is 3.12. The van der Waals surface area contributed by atoms with Crippen LogP contribution in [0.25, 0.3) is 11.1 Å². The van der Waals surface area contributed by atoms with Gasteiger partial charge in [0, 0.05) is 5.56 Å². The van der Waals surface area contributed by atoms with Crippen molar-refractivity contribution in [3.05, 3.63) is 101 Å². The van der Waals surface area contributed by atoms with E-state index in [-0.39, 0.29) is 28.6 Å². The van der Waals surface area contributed by atoms with Gasteiger partial charge < -0.3 is 5.73 Å². The molecule has 1 aliphatic heterocycles. The van der Waals surface area contributed by atoms with Crippen LogP contribution in [0, 0.1) is 22.7 Å². The van der Waals surface area contributed by atoms with Crippen LogP contribution in [0.5, 0.6) is 0 Å². The van der Waals surface area contributed by atoms with E-state index >= 15 is 0 Å². The highest BCUT2D eigenvalue weighted by atomic mass is 32.2. The number of carbonyl (C=O) groups excluding carboxylic acids is 1. The number of nitrogen functional groups attached to an aromatic ring is 1. The number of nitrogens with two attached hydrogens (primary N) is 1. The zero-order chi connectivity index (χ0) is 26.6. The van der Waals surface area contributed by atoms with Crippen LogP contribution >= 0.6 is 11.8 Å². The number of hydrogen-bond acceptors (Lipinski definition) is 6. The molecule has 0 bridgehead atoms. The predicted octanol–water partition coefficient (Wildman–Crippen LogP) is 6.19. The Bertz CT molecular complexity index is 1570. The minimum Gasteiger partial charge on any atom is -0.383 e. The molecule has 4 aromatic rings. The number of thioether (sulfide) groups is 1. The first-order chi connectivity index (χ1) is 18.5. The lowest BCUT2D eigenvalue weighted by molar-refractivity contribution is -0.115. The van der Waals surface area contributed by atoms with Crippen LogP contribution in [0.3, 0.4) is 0 Å². The summed E-state index contributed by atoms with van der Waals surface area (Å²) in [6, 6.07) is 28.0. The van der Waals surface area contributed by atoms with Crippen molar-refractivity contribution in [3.8, 4) is 23.3 Å². The van der Waals surface area contributed by atoms with E-state index in [4.69, 9.17) is 5.73 Å². The number of amides is 1. The zero-order valence-electron chi connectivity index (χ0n) is 20.9. The molecule has 0 aliphatic carbocycles. The fourth-order valence-corrected chi connectivity index (χ4v) is 5.69. The number of nitrogens with zero attached hydrogens (tertiary/aromatic N) is 4. The first-order valence-corrected chi connectivity index (χ1v) is 13.4. The summed E-state index contributed by atoms with van der Waals surface area (Å²) in [6.07, 6.45) is 2.56. The Labute approximate surface area is 226 Å². The highest BCUT2D eigenvalue weighted by Crippen LogP contribution is 2.39. The van der Waals surface area contributed by atoms with Crippen molar-refractivity contribution in [1.29, 1.82) is 10.5 Å². The molecule has 38 heavy (non-hydrogen) atoms. The summed E-state index contributed by atoms with van der Waals surface area (Å²) in [4.78, 5) is 19.9. The molecular formula is C31H25N5OS. The summed E-state index contributed by atoms with van der Waals surface area (Å²) in [7, 11) is 0. The van der Waals surface area contributed by atoms with Crippen LogP contribution in [0.1, 0.15) is 34.7 Å². The van der Waals surface area contributed by atoms with Crippen molar-refractivity contribution in [3.63, 3.8) is 0 Å². The Balaban J connectivity index is 1.53. The lowest BCUT2D eigenvalue weighted by Crippen LogP contribution is -2.28. The van der Waals surface area contributed by atoms with Crippen LogP contribution < -0.4 is 10.6 Å². The number of nitriles is 2. The van der Waals surface area contributed by atoms with Crippen LogP contribution in [-0.2, 0) is 24.1 Å². The number of aryl methyl sites for hydroxylation is 3. The number of anilines is 3. The number of hydrogen-bond donors (Lipinski definition) is 1. The van der Waals surface area contributed by atoms with Gasteiger partial charge in [-0.3, -0.25) is 9.69 Å². The molecule has 5 rings (SSSR count). The molecule has 0 atom stereocenters. The highest BCUT2D eigenvalue weighted by Gasteiger charge is 2.27. The Morgan fingerprint density at radius 1 is 0.921 bits per heavy atom. The number of pyridine rings is 1. The van der Waals surface area contributed by atoms with Crippen molar-refractivity contribution in [2.45, 2.75) is 31.2 Å². The third-order valence-electron chi connectivity index (χ3n) is 6.78. The van der Waals surface area contributed by atoms with Gasteiger partial charge in [-0.15, -0.1) is 0 Å². The standard InChI is InChI=1S/C31H25N5OS/c1-2-20-11-13-23(14-12-20)29-24(17-32)30(34)35-31(25(29)18-33)38-19-28(37)36-26-9-5-3-7-21(26)15-16-22-8-4-6-10-27(22)36/h3-14H,2,15-16,19H2,1H3,(H2,34,35). The zero-order valence-corrected chi connectivity index (χ0v) is 21.8. The van der Waals surface area contributed by atoms with Crippen LogP contribution in [-0.4, -0.2) is 16.6 Å². The maximum absolute atomic E-state index is 13.8. The Morgan fingerprint density at radius 2 is 1.50 bits per heavy atom. The Kier molecular flexibility index (Phi) is 7.13. The van der Waals surface area contributed by atoms with Crippen molar-refractivity contribution >= 4 is 34.9 Å². The third kappa shape index (κ3) is 4.61. The molecule has 3 aromatic carbocycles. The van der Waals surface area contributed by atoms with E-state index in [1.165, 1.54) is 11.8 Å². The minimum absolute atomic E-state index is 0.0430. The van der Waals surface area contributed by atoms with E-state index in [1.807, 2.05) is 60.7 Å². The van der Waals surface area contributed by atoms with Crippen molar-refractivity contribution < 1.29 is 4.79 Å². The number of carbonyl (C=O) groups is 1. The number of para-hydroxylation sites is 2. The molecule has 6 nitrogen and oxygen atoms in total. The topological polar surface area (TPSA) is 107 Å². The van der Waals surface area contributed by atoms with Gasteiger partial charge in [0.2, 0.25) is 5.91 Å². The molecule has 0 saturated carbocycles. The molecule has 0 radical (unpaired) electrons. The Hall–Kier alpha value is -4.59. The van der Waals surface area contributed by atoms with Gasteiger partial charge in [-0.2, -0.15) is 10.5 Å².